The van der Waals surface area contributed by atoms with Gasteiger partial charge in [-0.05, 0) is 30.7 Å². The van der Waals surface area contributed by atoms with Crippen molar-refractivity contribution in [1.29, 1.82) is 0 Å². The van der Waals surface area contributed by atoms with Crippen LogP contribution in [-0.2, 0) is 6.54 Å². The van der Waals surface area contributed by atoms with Crippen molar-refractivity contribution >= 4 is 22.4 Å². The number of hydrogen-bond donors (Lipinski definition) is 1. The van der Waals surface area contributed by atoms with Gasteiger partial charge in [0.25, 0.3) is 0 Å². The molecule has 0 fully saturated rings. The lowest BCUT2D eigenvalue weighted by Crippen LogP contribution is -1.98. The van der Waals surface area contributed by atoms with Gasteiger partial charge in [-0.1, -0.05) is 35.9 Å². The molecule has 1 aromatic heterocycles. The van der Waals surface area contributed by atoms with E-state index in [-0.39, 0.29) is 0 Å². The lowest BCUT2D eigenvalue weighted by atomic mass is 10.1. The minimum atomic E-state index is 0.438. The largest absolute Gasteiger partial charge is 0.435 e. The lowest BCUT2D eigenvalue weighted by molar-refractivity contribution is 0.461. The Bertz CT molecular complexity index is 805. The predicted molar refractivity (Wildman–Crippen MR) is 83.7 cm³/mol. The molecule has 3 aromatic rings. The van der Waals surface area contributed by atoms with Crippen LogP contribution < -0.4 is 10.5 Å². The Morgan fingerprint density at radius 3 is 2.57 bits per heavy atom. The maximum absolute atomic E-state index is 6.21. The minimum absolute atomic E-state index is 0.438. The van der Waals surface area contributed by atoms with Gasteiger partial charge >= 0.3 is 0 Å². The summed E-state index contributed by atoms with van der Waals surface area (Å²) in [5, 5.41) is 10.7. The summed E-state index contributed by atoms with van der Waals surface area (Å²) in [6, 6.07) is 13.3. The van der Waals surface area contributed by atoms with Crippen LogP contribution in [-0.4, -0.2) is 10.2 Å². The molecule has 0 amide bonds. The number of nitrogens with two attached hydrogens (primary N) is 1. The fraction of sp³-hybridized carbons (Fsp3) is 0.125. The van der Waals surface area contributed by atoms with E-state index in [9.17, 15) is 0 Å². The molecular formula is C16H14ClN3O. The maximum Gasteiger partial charge on any atom is 0.246 e. The zero-order valence-electron chi connectivity index (χ0n) is 11.5. The third kappa shape index (κ3) is 2.68. The standard InChI is InChI=1S/C16H14ClN3O/c1-10-12-4-2-3-5-13(12)16(20-19-10)21-15-7-6-11(9-18)8-14(15)17/h2-8H,9,18H2,1H3. The summed E-state index contributed by atoms with van der Waals surface area (Å²) in [5.74, 6) is 0.982. The number of ether oxygens (including phenoxy) is 1. The van der Waals surface area contributed by atoms with Crippen molar-refractivity contribution in [2.45, 2.75) is 13.5 Å². The number of fused-ring (bicyclic) bond motifs is 1. The molecule has 5 heteroatoms. The van der Waals surface area contributed by atoms with Gasteiger partial charge in [-0.25, -0.2) is 0 Å². The topological polar surface area (TPSA) is 61.0 Å². The molecule has 0 radical (unpaired) electrons. The van der Waals surface area contributed by atoms with E-state index in [2.05, 4.69) is 10.2 Å². The average Bonchev–Trinajstić information content (AvgIpc) is 2.52. The van der Waals surface area contributed by atoms with E-state index in [1.54, 1.807) is 12.1 Å². The first-order chi connectivity index (χ1) is 10.2. The Kier molecular flexibility index (Phi) is 3.73. The molecule has 0 atom stereocenters. The minimum Gasteiger partial charge on any atom is -0.435 e. The van der Waals surface area contributed by atoms with Gasteiger partial charge in [0.1, 0.15) is 5.75 Å². The quantitative estimate of drug-likeness (QED) is 0.798. The first-order valence-electron chi connectivity index (χ1n) is 6.57. The van der Waals surface area contributed by atoms with Gasteiger partial charge in [-0.3, -0.25) is 0 Å². The highest BCUT2D eigenvalue weighted by molar-refractivity contribution is 6.32. The van der Waals surface area contributed by atoms with Crippen molar-refractivity contribution in [3.8, 4) is 11.6 Å². The van der Waals surface area contributed by atoms with Crippen LogP contribution in [0.15, 0.2) is 42.5 Å². The van der Waals surface area contributed by atoms with Gasteiger partial charge in [0.05, 0.1) is 10.7 Å². The number of nitrogens with zero attached hydrogens (tertiary/aromatic N) is 2. The highest BCUT2D eigenvalue weighted by Crippen LogP contribution is 2.32. The molecule has 4 nitrogen and oxygen atoms in total. The number of rotatable bonds is 3. The second-order valence-electron chi connectivity index (χ2n) is 4.71. The molecule has 2 aromatic carbocycles. The van der Waals surface area contributed by atoms with Crippen LogP contribution >= 0.6 is 11.6 Å². The average molecular weight is 300 g/mol. The third-order valence-corrected chi connectivity index (χ3v) is 3.57. The number of aromatic nitrogens is 2. The molecule has 0 unspecified atom stereocenters. The summed E-state index contributed by atoms with van der Waals surface area (Å²) in [5.41, 5.74) is 7.41. The predicted octanol–water partition coefficient (Wildman–Crippen LogP) is 3.84. The molecule has 0 aliphatic rings. The van der Waals surface area contributed by atoms with Gasteiger partial charge in [0.2, 0.25) is 5.88 Å². The Balaban J connectivity index is 2.04. The first kappa shape index (κ1) is 13.8. The summed E-state index contributed by atoms with van der Waals surface area (Å²) >= 11 is 6.21. The van der Waals surface area contributed by atoms with E-state index in [1.165, 1.54) is 0 Å². The van der Waals surface area contributed by atoms with Crippen molar-refractivity contribution in [2.75, 3.05) is 0 Å². The Morgan fingerprint density at radius 1 is 1.10 bits per heavy atom. The molecule has 0 saturated carbocycles. The Morgan fingerprint density at radius 2 is 1.86 bits per heavy atom. The van der Waals surface area contributed by atoms with E-state index in [4.69, 9.17) is 22.1 Å². The van der Waals surface area contributed by atoms with E-state index in [1.807, 2.05) is 37.3 Å². The van der Waals surface area contributed by atoms with Crippen molar-refractivity contribution in [3.63, 3.8) is 0 Å². The summed E-state index contributed by atoms with van der Waals surface area (Å²) in [6.45, 7) is 2.36. The van der Waals surface area contributed by atoms with Gasteiger partial charge in [0, 0.05) is 17.3 Å². The molecule has 21 heavy (non-hydrogen) atoms. The number of aryl methyl sites for hydroxylation is 1. The third-order valence-electron chi connectivity index (χ3n) is 3.28. The van der Waals surface area contributed by atoms with Gasteiger partial charge < -0.3 is 10.5 Å². The molecule has 1 heterocycles. The molecule has 3 rings (SSSR count). The highest BCUT2D eigenvalue weighted by Gasteiger charge is 2.10. The maximum atomic E-state index is 6.21. The van der Waals surface area contributed by atoms with Gasteiger partial charge in [-0.2, -0.15) is 5.10 Å². The van der Waals surface area contributed by atoms with E-state index in [0.717, 1.165) is 22.0 Å². The zero-order chi connectivity index (χ0) is 14.8. The van der Waals surface area contributed by atoms with Crippen molar-refractivity contribution in [2.24, 2.45) is 5.73 Å². The van der Waals surface area contributed by atoms with E-state index in [0.29, 0.717) is 23.2 Å². The van der Waals surface area contributed by atoms with Crippen LogP contribution in [0.5, 0.6) is 11.6 Å². The van der Waals surface area contributed by atoms with Crippen LogP contribution in [0.1, 0.15) is 11.3 Å². The van der Waals surface area contributed by atoms with Crippen LogP contribution in [0.2, 0.25) is 5.02 Å². The molecule has 2 N–H and O–H groups in total. The summed E-state index contributed by atoms with van der Waals surface area (Å²) in [7, 11) is 0. The first-order valence-corrected chi connectivity index (χ1v) is 6.95. The summed E-state index contributed by atoms with van der Waals surface area (Å²) < 4.78 is 5.83. The molecule has 0 saturated heterocycles. The Hall–Kier alpha value is -2.17. The lowest BCUT2D eigenvalue weighted by Gasteiger charge is -2.10. The molecule has 0 aliphatic carbocycles. The van der Waals surface area contributed by atoms with Crippen LogP contribution in [0.4, 0.5) is 0 Å². The van der Waals surface area contributed by atoms with Crippen LogP contribution in [0.3, 0.4) is 0 Å². The fourth-order valence-corrected chi connectivity index (χ4v) is 2.39. The smallest absolute Gasteiger partial charge is 0.246 e. The summed E-state index contributed by atoms with van der Waals surface area (Å²) in [6.07, 6.45) is 0. The van der Waals surface area contributed by atoms with Crippen LogP contribution in [0, 0.1) is 6.92 Å². The number of hydrogen-bond acceptors (Lipinski definition) is 4. The normalized spacial score (nSPS) is 10.8. The second kappa shape index (κ2) is 5.68. The SMILES string of the molecule is Cc1nnc(Oc2ccc(CN)cc2Cl)c2ccccc12. The van der Waals surface area contributed by atoms with E-state index >= 15 is 0 Å². The monoisotopic (exact) mass is 299 g/mol. The molecule has 0 aliphatic heterocycles. The van der Waals surface area contributed by atoms with Gasteiger partial charge in [-0.15, -0.1) is 5.10 Å². The number of benzene rings is 2. The highest BCUT2D eigenvalue weighted by atomic mass is 35.5. The second-order valence-corrected chi connectivity index (χ2v) is 5.11. The molecule has 106 valence electrons. The van der Waals surface area contributed by atoms with Crippen molar-refractivity contribution < 1.29 is 4.74 Å². The van der Waals surface area contributed by atoms with E-state index < -0.39 is 0 Å². The summed E-state index contributed by atoms with van der Waals surface area (Å²) in [4.78, 5) is 0. The zero-order valence-corrected chi connectivity index (χ0v) is 12.3. The molecular weight excluding hydrogens is 286 g/mol. The fourth-order valence-electron chi connectivity index (χ4n) is 2.15. The molecule has 0 bridgehead atoms. The van der Waals surface area contributed by atoms with Crippen LogP contribution in [0.25, 0.3) is 10.8 Å². The Labute approximate surface area is 127 Å². The number of halogens is 1. The molecule has 0 spiro atoms. The van der Waals surface area contributed by atoms with Crippen molar-refractivity contribution in [1.82, 2.24) is 10.2 Å². The van der Waals surface area contributed by atoms with Gasteiger partial charge in [0.15, 0.2) is 0 Å². The van der Waals surface area contributed by atoms with Crippen molar-refractivity contribution in [3.05, 3.63) is 58.7 Å².